The molecule has 0 saturated carbocycles. The minimum absolute atomic E-state index is 0.0661. The lowest BCUT2D eigenvalue weighted by Crippen LogP contribution is -2.34. The first-order chi connectivity index (χ1) is 17.3. The minimum atomic E-state index is -3.95. The second kappa shape index (κ2) is 10.9. The van der Waals surface area contributed by atoms with Gasteiger partial charge < -0.3 is 9.72 Å². The van der Waals surface area contributed by atoms with Crippen LogP contribution in [0.15, 0.2) is 88.6 Å². The first-order valence-electron chi connectivity index (χ1n) is 11.7. The Morgan fingerprint density at radius 2 is 1.69 bits per heavy atom. The number of hydrogen-bond donors (Lipinski definition) is 1. The van der Waals surface area contributed by atoms with Crippen LogP contribution < -0.4 is 10.3 Å². The van der Waals surface area contributed by atoms with Gasteiger partial charge in [-0.2, -0.15) is 4.31 Å². The number of Topliss-reactive ketones (excluding diaryl/α,β-unsaturated/α-hetero) is 1. The molecule has 0 radical (unpaired) electrons. The number of nitrogens with one attached hydrogen (secondary N) is 1. The van der Waals surface area contributed by atoms with Gasteiger partial charge in [-0.1, -0.05) is 42.5 Å². The number of benzene rings is 3. The number of ether oxygens (including phenoxy) is 1. The second-order valence-electron chi connectivity index (χ2n) is 8.46. The van der Waals surface area contributed by atoms with Crippen LogP contribution in [-0.4, -0.2) is 36.6 Å². The summed E-state index contributed by atoms with van der Waals surface area (Å²) < 4.78 is 34.2. The number of carbonyl (C=O) groups is 1. The van der Waals surface area contributed by atoms with Crippen LogP contribution in [0.1, 0.15) is 35.3 Å². The molecule has 0 aliphatic rings. The zero-order valence-corrected chi connectivity index (χ0v) is 21.0. The molecule has 0 unspecified atom stereocenters. The first-order valence-corrected chi connectivity index (χ1v) is 13.2. The van der Waals surface area contributed by atoms with Gasteiger partial charge in [0.05, 0.1) is 11.5 Å². The third-order valence-electron chi connectivity index (χ3n) is 5.94. The van der Waals surface area contributed by atoms with E-state index in [1.807, 2.05) is 43.3 Å². The van der Waals surface area contributed by atoms with E-state index in [4.69, 9.17) is 4.74 Å². The molecule has 1 aromatic heterocycles. The maximum Gasteiger partial charge on any atom is 0.252 e. The molecule has 0 spiro atoms. The van der Waals surface area contributed by atoms with Gasteiger partial charge in [-0.3, -0.25) is 9.59 Å². The van der Waals surface area contributed by atoms with Gasteiger partial charge in [0.2, 0.25) is 10.0 Å². The first kappa shape index (κ1) is 25.3. The van der Waals surface area contributed by atoms with E-state index in [1.54, 1.807) is 18.2 Å². The number of H-pyrrole nitrogens is 1. The molecular formula is C28H28N2O5S. The van der Waals surface area contributed by atoms with Crippen LogP contribution in [0, 0.1) is 0 Å². The Morgan fingerprint density at radius 1 is 0.972 bits per heavy atom. The number of hydrogen-bond acceptors (Lipinski definition) is 5. The van der Waals surface area contributed by atoms with Crippen LogP contribution in [0.5, 0.6) is 5.75 Å². The van der Waals surface area contributed by atoms with Gasteiger partial charge in [0.25, 0.3) is 5.56 Å². The van der Waals surface area contributed by atoms with Crippen molar-refractivity contribution < 1.29 is 17.9 Å². The number of carbonyl (C=O) groups excluding carboxylic acids is 1. The minimum Gasteiger partial charge on any atom is -0.494 e. The molecule has 4 aromatic rings. The van der Waals surface area contributed by atoms with Gasteiger partial charge in [-0.05, 0) is 62.2 Å². The Hall–Kier alpha value is -3.75. The van der Waals surface area contributed by atoms with E-state index in [-0.39, 0.29) is 29.3 Å². The summed E-state index contributed by atoms with van der Waals surface area (Å²) in [4.78, 5) is 27.4. The van der Waals surface area contributed by atoms with Crippen molar-refractivity contribution in [3.8, 4) is 5.75 Å². The smallest absolute Gasteiger partial charge is 0.252 e. The molecule has 7 nitrogen and oxygen atoms in total. The Labute approximate surface area is 210 Å². The maximum absolute atomic E-state index is 13.7. The molecule has 3 aromatic carbocycles. The molecule has 4 rings (SSSR count). The molecule has 1 heterocycles. The van der Waals surface area contributed by atoms with Gasteiger partial charge in [0, 0.05) is 35.1 Å². The third kappa shape index (κ3) is 5.72. The van der Waals surface area contributed by atoms with Crippen molar-refractivity contribution in [1.82, 2.24) is 9.29 Å². The lowest BCUT2D eigenvalue weighted by atomic mass is 10.1. The standard InChI is InChI=1S/C28H28N2O5S/c1-3-35-25-11-14-27-23(18-25)17-24(28(32)29-27)19-30(16-15-21-7-5-4-6-8-21)36(33,34)26-12-9-22(10-13-26)20(2)31/h4-14,17-18H,3,15-16,19H2,1-2H3,(H,29,32). The van der Waals surface area contributed by atoms with E-state index in [9.17, 15) is 18.0 Å². The lowest BCUT2D eigenvalue weighted by Gasteiger charge is -2.22. The van der Waals surface area contributed by atoms with E-state index in [1.165, 1.54) is 35.5 Å². The zero-order valence-electron chi connectivity index (χ0n) is 20.2. The number of aromatic nitrogens is 1. The molecular weight excluding hydrogens is 476 g/mol. The fraction of sp³-hybridized carbons (Fsp3) is 0.214. The summed E-state index contributed by atoms with van der Waals surface area (Å²) in [5.74, 6) is 0.524. The predicted molar refractivity (Wildman–Crippen MR) is 140 cm³/mol. The summed E-state index contributed by atoms with van der Waals surface area (Å²) in [5.41, 5.74) is 2.04. The monoisotopic (exact) mass is 504 g/mol. The number of aromatic amines is 1. The number of nitrogens with zero attached hydrogens (tertiary/aromatic N) is 1. The Balaban J connectivity index is 1.71. The summed E-state index contributed by atoms with van der Waals surface area (Å²) in [6.45, 7) is 3.90. The average molecular weight is 505 g/mol. The second-order valence-corrected chi connectivity index (χ2v) is 10.4. The number of pyridine rings is 1. The van der Waals surface area contributed by atoms with Gasteiger partial charge >= 0.3 is 0 Å². The van der Waals surface area contributed by atoms with Crippen LogP contribution in [0.4, 0.5) is 0 Å². The molecule has 0 bridgehead atoms. The number of ketones is 1. The molecule has 0 fully saturated rings. The van der Waals surface area contributed by atoms with Crippen molar-refractivity contribution in [2.24, 2.45) is 0 Å². The summed E-state index contributed by atoms with van der Waals surface area (Å²) in [6.07, 6.45) is 0.478. The molecule has 36 heavy (non-hydrogen) atoms. The van der Waals surface area contributed by atoms with Crippen molar-refractivity contribution in [1.29, 1.82) is 0 Å². The summed E-state index contributed by atoms with van der Waals surface area (Å²) in [5, 5.41) is 0.752. The fourth-order valence-electron chi connectivity index (χ4n) is 3.99. The van der Waals surface area contributed by atoms with Gasteiger partial charge in [-0.25, -0.2) is 8.42 Å². The lowest BCUT2D eigenvalue weighted by molar-refractivity contribution is 0.101. The average Bonchev–Trinajstić information content (AvgIpc) is 2.87. The van der Waals surface area contributed by atoms with E-state index < -0.39 is 10.0 Å². The molecule has 0 aliphatic heterocycles. The maximum atomic E-state index is 13.7. The molecule has 1 N–H and O–H groups in total. The van der Waals surface area contributed by atoms with E-state index in [2.05, 4.69) is 4.98 Å². The van der Waals surface area contributed by atoms with Crippen LogP contribution in [-0.2, 0) is 23.0 Å². The van der Waals surface area contributed by atoms with Crippen molar-refractivity contribution in [2.75, 3.05) is 13.2 Å². The van der Waals surface area contributed by atoms with Gasteiger partial charge in [0.1, 0.15) is 5.75 Å². The topological polar surface area (TPSA) is 96.5 Å². The molecule has 8 heteroatoms. The Morgan fingerprint density at radius 3 is 2.36 bits per heavy atom. The molecule has 186 valence electrons. The molecule has 0 amide bonds. The summed E-state index contributed by atoms with van der Waals surface area (Å²) >= 11 is 0. The molecule has 0 aliphatic carbocycles. The van der Waals surface area contributed by atoms with Crippen molar-refractivity contribution in [3.05, 3.63) is 106 Å². The van der Waals surface area contributed by atoms with Gasteiger partial charge in [-0.15, -0.1) is 0 Å². The van der Waals surface area contributed by atoms with Crippen LogP contribution in [0.25, 0.3) is 10.9 Å². The van der Waals surface area contributed by atoms with Crippen LogP contribution >= 0.6 is 0 Å². The number of sulfonamides is 1. The Kier molecular flexibility index (Phi) is 7.67. The number of fused-ring (bicyclic) bond motifs is 1. The normalized spacial score (nSPS) is 11.6. The fourth-order valence-corrected chi connectivity index (χ4v) is 5.41. The largest absolute Gasteiger partial charge is 0.494 e. The summed E-state index contributed by atoms with van der Waals surface area (Å²) in [7, 11) is -3.95. The third-order valence-corrected chi connectivity index (χ3v) is 7.80. The predicted octanol–water partition coefficient (Wildman–Crippen LogP) is 4.56. The number of rotatable bonds is 10. The van der Waals surface area contributed by atoms with Crippen LogP contribution in [0.2, 0.25) is 0 Å². The molecule has 0 saturated heterocycles. The highest BCUT2D eigenvalue weighted by atomic mass is 32.2. The van der Waals surface area contributed by atoms with E-state index in [0.29, 0.717) is 35.4 Å². The van der Waals surface area contributed by atoms with E-state index in [0.717, 1.165) is 10.9 Å². The van der Waals surface area contributed by atoms with Crippen molar-refractivity contribution >= 4 is 26.7 Å². The highest BCUT2D eigenvalue weighted by Crippen LogP contribution is 2.22. The summed E-state index contributed by atoms with van der Waals surface area (Å²) in [6, 6.07) is 22.5. The highest BCUT2D eigenvalue weighted by molar-refractivity contribution is 7.89. The highest BCUT2D eigenvalue weighted by Gasteiger charge is 2.26. The van der Waals surface area contributed by atoms with Crippen LogP contribution in [0.3, 0.4) is 0 Å². The van der Waals surface area contributed by atoms with E-state index >= 15 is 0 Å². The quantitative estimate of drug-likeness (QED) is 0.319. The SMILES string of the molecule is CCOc1ccc2[nH]c(=O)c(CN(CCc3ccccc3)S(=O)(=O)c3ccc(C(C)=O)cc3)cc2c1. The van der Waals surface area contributed by atoms with Crippen molar-refractivity contribution in [3.63, 3.8) is 0 Å². The zero-order chi connectivity index (χ0) is 25.7. The molecule has 0 atom stereocenters. The van der Waals surface area contributed by atoms with Gasteiger partial charge in [0.15, 0.2) is 5.78 Å². The Bertz CT molecular complexity index is 1530. The van der Waals surface area contributed by atoms with Crippen molar-refractivity contribution in [2.45, 2.75) is 31.7 Å².